The number of nitrogens with one attached hydrogen (secondary N) is 2. The van der Waals surface area contributed by atoms with Crippen molar-refractivity contribution in [2.45, 2.75) is 45.9 Å². The number of aliphatic imine (C=N–C) groups is 1. The van der Waals surface area contributed by atoms with Crippen molar-refractivity contribution >= 4 is 41.3 Å². The molecule has 3 heterocycles. The van der Waals surface area contributed by atoms with Gasteiger partial charge in [0.15, 0.2) is 11.8 Å². The Bertz CT molecular complexity index is 723. The molecule has 1 unspecified atom stereocenters. The maximum atomic E-state index is 5.69. The van der Waals surface area contributed by atoms with Gasteiger partial charge in [0.25, 0.3) is 0 Å². The Balaban J connectivity index is 0.00000243. The lowest BCUT2D eigenvalue weighted by atomic mass is 10.2. The number of aromatic nitrogens is 3. The minimum Gasteiger partial charge on any atom is -0.376 e. The predicted molar refractivity (Wildman–Crippen MR) is 115 cm³/mol. The highest BCUT2D eigenvalue weighted by atomic mass is 127. The summed E-state index contributed by atoms with van der Waals surface area (Å²) in [6.07, 6.45) is 2.51. The zero-order valence-electron chi connectivity index (χ0n) is 15.5. The third kappa shape index (κ3) is 5.92. The Morgan fingerprint density at radius 3 is 2.81 bits per heavy atom. The highest BCUT2D eigenvalue weighted by Gasteiger charge is 2.15. The van der Waals surface area contributed by atoms with Crippen LogP contribution in [0.3, 0.4) is 0 Å². The summed E-state index contributed by atoms with van der Waals surface area (Å²) in [5.41, 5.74) is 0. The summed E-state index contributed by atoms with van der Waals surface area (Å²) in [7, 11) is 1.96. The molecule has 9 heteroatoms. The Hall–Kier alpha value is -1.20. The highest BCUT2D eigenvalue weighted by Crippen LogP contribution is 2.14. The van der Waals surface area contributed by atoms with Gasteiger partial charge in [-0.25, -0.2) is 4.99 Å². The summed E-state index contributed by atoms with van der Waals surface area (Å²) in [6.45, 7) is 6.94. The van der Waals surface area contributed by atoms with E-state index in [1.54, 1.807) is 11.3 Å². The van der Waals surface area contributed by atoms with Crippen LogP contribution in [0.15, 0.2) is 17.1 Å². The lowest BCUT2D eigenvalue weighted by Crippen LogP contribution is -2.40. The molecule has 0 aliphatic carbocycles. The van der Waals surface area contributed by atoms with Crippen LogP contribution in [0.5, 0.6) is 0 Å². The van der Waals surface area contributed by atoms with Gasteiger partial charge in [0, 0.05) is 30.0 Å². The number of hydrogen-bond acceptors (Lipinski definition) is 5. The summed E-state index contributed by atoms with van der Waals surface area (Å²) in [4.78, 5) is 7.28. The van der Waals surface area contributed by atoms with Gasteiger partial charge >= 0.3 is 0 Å². The van der Waals surface area contributed by atoms with Crippen molar-refractivity contribution in [2.75, 3.05) is 13.2 Å². The van der Waals surface area contributed by atoms with Crippen LogP contribution in [0.2, 0.25) is 0 Å². The van der Waals surface area contributed by atoms with E-state index in [0.717, 1.165) is 50.1 Å². The van der Waals surface area contributed by atoms with Crippen LogP contribution >= 0.6 is 35.3 Å². The van der Waals surface area contributed by atoms with E-state index in [0.29, 0.717) is 6.54 Å². The molecule has 2 aromatic heterocycles. The van der Waals surface area contributed by atoms with E-state index in [9.17, 15) is 0 Å². The zero-order chi connectivity index (χ0) is 17.6. The van der Waals surface area contributed by atoms with Gasteiger partial charge in [-0.2, -0.15) is 0 Å². The Kier molecular flexibility index (Phi) is 8.29. The van der Waals surface area contributed by atoms with Gasteiger partial charge < -0.3 is 19.9 Å². The summed E-state index contributed by atoms with van der Waals surface area (Å²) in [5, 5.41) is 15.1. The van der Waals surface area contributed by atoms with Crippen LogP contribution in [0.1, 0.15) is 34.2 Å². The van der Waals surface area contributed by atoms with Gasteiger partial charge in [0.05, 0.1) is 12.6 Å². The molecule has 1 aliphatic heterocycles. The predicted octanol–water partition coefficient (Wildman–Crippen LogP) is 2.53. The van der Waals surface area contributed by atoms with Crippen molar-refractivity contribution < 1.29 is 4.74 Å². The SMILES string of the molecule is Cc1ccc(CNC(=NCc2nnc(C)n2C)NCC2CCCO2)s1.I. The van der Waals surface area contributed by atoms with Gasteiger partial charge in [-0.15, -0.1) is 45.5 Å². The van der Waals surface area contributed by atoms with E-state index >= 15 is 0 Å². The molecule has 0 saturated carbocycles. The maximum Gasteiger partial charge on any atom is 0.192 e. The molecule has 2 N–H and O–H groups in total. The Labute approximate surface area is 175 Å². The average molecular weight is 490 g/mol. The minimum atomic E-state index is 0. The first-order valence-corrected chi connectivity index (χ1v) is 9.47. The molecular weight excluding hydrogens is 463 g/mol. The van der Waals surface area contributed by atoms with Crippen molar-refractivity contribution in [3.05, 3.63) is 33.5 Å². The van der Waals surface area contributed by atoms with Crippen LogP contribution in [0.4, 0.5) is 0 Å². The number of rotatable bonds is 6. The topological polar surface area (TPSA) is 76.4 Å². The fourth-order valence-corrected chi connectivity index (χ4v) is 3.51. The number of thiophene rings is 1. The second kappa shape index (κ2) is 10.2. The lowest BCUT2D eigenvalue weighted by molar-refractivity contribution is 0.114. The van der Waals surface area contributed by atoms with Crippen LogP contribution in [0.25, 0.3) is 0 Å². The first kappa shape index (κ1) is 21.1. The molecule has 1 atom stereocenters. The van der Waals surface area contributed by atoms with Gasteiger partial charge in [-0.05, 0) is 38.8 Å². The standard InChI is InChI=1S/C17H26N6OS.HI/c1-12-6-7-15(25-12)10-19-17(18-9-14-5-4-8-24-14)20-11-16-22-21-13(2)23(16)3;/h6-7,14H,4-5,8-11H2,1-3H3,(H2,18,19,20);1H. The number of aryl methyl sites for hydroxylation is 2. The van der Waals surface area contributed by atoms with Crippen LogP contribution in [-0.4, -0.2) is 40.0 Å². The summed E-state index contributed by atoms with van der Waals surface area (Å²) in [5.74, 6) is 2.52. The number of ether oxygens (including phenoxy) is 1. The van der Waals surface area contributed by atoms with E-state index in [1.807, 2.05) is 18.5 Å². The van der Waals surface area contributed by atoms with E-state index in [4.69, 9.17) is 4.74 Å². The lowest BCUT2D eigenvalue weighted by Gasteiger charge is -2.15. The van der Waals surface area contributed by atoms with E-state index in [1.165, 1.54) is 9.75 Å². The molecule has 1 saturated heterocycles. The monoisotopic (exact) mass is 490 g/mol. The van der Waals surface area contributed by atoms with E-state index < -0.39 is 0 Å². The molecule has 2 aromatic rings. The van der Waals surface area contributed by atoms with Crippen LogP contribution in [0, 0.1) is 13.8 Å². The van der Waals surface area contributed by atoms with Gasteiger partial charge in [0.1, 0.15) is 12.4 Å². The Morgan fingerprint density at radius 1 is 1.35 bits per heavy atom. The number of halogens is 1. The number of nitrogens with zero attached hydrogens (tertiary/aromatic N) is 4. The van der Waals surface area contributed by atoms with Gasteiger partial charge in [-0.1, -0.05) is 0 Å². The minimum absolute atomic E-state index is 0. The first-order valence-electron chi connectivity index (χ1n) is 8.66. The molecule has 0 bridgehead atoms. The molecule has 0 amide bonds. The van der Waals surface area contributed by atoms with Crippen LogP contribution in [-0.2, 0) is 24.9 Å². The van der Waals surface area contributed by atoms with Crippen molar-refractivity contribution in [3.8, 4) is 0 Å². The zero-order valence-corrected chi connectivity index (χ0v) is 18.6. The molecule has 3 rings (SSSR count). The molecule has 0 spiro atoms. The molecule has 7 nitrogen and oxygen atoms in total. The third-order valence-corrected chi connectivity index (χ3v) is 5.31. The molecule has 1 fully saturated rings. The molecule has 0 aromatic carbocycles. The first-order chi connectivity index (χ1) is 12.1. The quantitative estimate of drug-likeness (QED) is 0.370. The van der Waals surface area contributed by atoms with Gasteiger partial charge in [-0.3, -0.25) is 0 Å². The number of hydrogen-bond donors (Lipinski definition) is 2. The number of guanidine groups is 1. The normalized spacial score (nSPS) is 17.2. The van der Waals surface area contributed by atoms with Crippen molar-refractivity contribution in [3.63, 3.8) is 0 Å². The molecule has 0 radical (unpaired) electrons. The van der Waals surface area contributed by atoms with Crippen molar-refractivity contribution in [1.82, 2.24) is 25.4 Å². The van der Waals surface area contributed by atoms with E-state index in [2.05, 4.69) is 44.9 Å². The van der Waals surface area contributed by atoms with E-state index in [-0.39, 0.29) is 30.1 Å². The summed E-state index contributed by atoms with van der Waals surface area (Å²) < 4.78 is 7.65. The average Bonchev–Trinajstić information content (AvgIpc) is 3.32. The van der Waals surface area contributed by atoms with Gasteiger partial charge in [0.2, 0.25) is 0 Å². The Morgan fingerprint density at radius 2 is 2.19 bits per heavy atom. The van der Waals surface area contributed by atoms with Crippen molar-refractivity contribution in [2.24, 2.45) is 12.0 Å². The third-order valence-electron chi connectivity index (χ3n) is 4.31. The molecule has 144 valence electrons. The largest absolute Gasteiger partial charge is 0.376 e. The highest BCUT2D eigenvalue weighted by molar-refractivity contribution is 14.0. The van der Waals surface area contributed by atoms with Crippen molar-refractivity contribution in [1.29, 1.82) is 0 Å². The second-order valence-electron chi connectivity index (χ2n) is 6.27. The summed E-state index contributed by atoms with van der Waals surface area (Å²) in [6, 6.07) is 4.29. The molecule has 26 heavy (non-hydrogen) atoms. The van der Waals surface area contributed by atoms with Crippen LogP contribution < -0.4 is 10.6 Å². The summed E-state index contributed by atoms with van der Waals surface area (Å²) >= 11 is 1.80. The fraction of sp³-hybridized carbons (Fsp3) is 0.588. The fourth-order valence-electron chi connectivity index (χ4n) is 2.68. The second-order valence-corrected chi connectivity index (χ2v) is 7.64. The molecule has 1 aliphatic rings. The molecular formula is C17H27IN6OS. The maximum absolute atomic E-state index is 5.69. The smallest absolute Gasteiger partial charge is 0.192 e.